The molecule has 0 aromatic rings. The van der Waals surface area contributed by atoms with Crippen LogP contribution in [-0.2, 0) is 18.4 Å². The van der Waals surface area contributed by atoms with Crippen molar-refractivity contribution in [3.05, 3.63) is 24.3 Å². The summed E-state index contributed by atoms with van der Waals surface area (Å²) in [6.45, 7) is 4.86. The molecule has 0 saturated carbocycles. The first-order valence-electron chi connectivity index (χ1n) is 35.7. The van der Waals surface area contributed by atoms with Gasteiger partial charge in [0.2, 0.25) is 5.91 Å². The van der Waals surface area contributed by atoms with Crippen LogP contribution in [0.2, 0.25) is 0 Å². The van der Waals surface area contributed by atoms with Gasteiger partial charge in [-0.3, -0.25) is 13.8 Å². The maximum absolute atomic E-state index is 13.0. The number of carbonyl (C=O) groups excluding carboxylic acids is 1. The lowest BCUT2D eigenvalue weighted by atomic mass is 10.0. The molecule has 8 nitrogen and oxygen atoms in total. The molecule has 476 valence electrons. The molecule has 3 unspecified atom stereocenters. The minimum absolute atomic E-state index is 0.0590. The summed E-state index contributed by atoms with van der Waals surface area (Å²) in [6.07, 6.45) is 82.1. The van der Waals surface area contributed by atoms with Crippen molar-refractivity contribution in [2.24, 2.45) is 0 Å². The lowest BCUT2D eigenvalue weighted by Crippen LogP contribution is -2.45. The molecule has 0 aromatic carbocycles. The summed E-state index contributed by atoms with van der Waals surface area (Å²) < 4.78 is 23.8. The van der Waals surface area contributed by atoms with Crippen LogP contribution in [0.15, 0.2) is 24.3 Å². The molecular weight excluding hydrogens is 1010 g/mol. The smallest absolute Gasteiger partial charge is 0.387 e. The summed E-state index contributed by atoms with van der Waals surface area (Å²) in [6, 6.07) is -0.861. The molecule has 3 atom stereocenters. The minimum atomic E-state index is -4.36. The molecule has 0 rings (SSSR count). The van der Waals surface area contributed by atoms with E-state index in [0.717, 1.165) is 38.5 Å². The van der Waals surface area contributed by atoms with E-state index >= 15 is 0 Å². The molecule has 0 spiro atoms. The largest absolute Gasteiger partial charge is 0.472 e. The summed E-state index contributed by atoms with van der Waals surface area (Å²) >= 11 is 0. The van der Waals surface area contributed by atoms with E-state index in [4.69, 9.17) is 9.05 Å². The Kier molecular flexibility index (Phi) is 61.7. The van der Waals surface area contributed by atoms with Crippen LogP contribution < -0.4 is 5.32 Å². The Balaban J connectivity index is 3.96. The number of allylic oxidation sites excluding steroid dienone is 3. The van der Waals surface area contributed by atoms with E-state index in [1.807, 2.05) is 27.2 Å². The van der Waals surface area contributed by atoms with Gasteiger partial charge in [-0.05, 0) is 32.1 Å². The number of nitrogens with one attached hydrogen (secondary N) is 1. The number of hydrogen-bond acceptors (Lipinski definition) is 5. The molecule has 0 aliphatic rings. The van der Waals surface area contributed by atoms with Crippen molar-refractivity contribution in [2.75, 3.05) is 40.9 Å². The van der Waals surface area contributed by atoms with Crippen molar-refractivity contribution in [1.82, 2.24) is 5.32 Å². The van der Waals surface area contributed by atoms with E-state index in [0.29, 0.717) is 17.4 Å². The molecule has 1 amide bonds. The van der Waals surface area contributed by atoms with Crippen LogP contribution in [0.3, 0.4) is 0 Å². The van der Waals surface area contributed by atoms with Crippen LogP contribution in [0.4, 0.5) is 0 Å². The van der Waals surface area contributed by atoms with Gasteiger partial charge in [-0.2, -0.15) is 0 Å². The van der Waals surface area contributed by atoms with E-state index < -0.39 is 20.0 Å². The molecule has 0 radical (unpaired) electrons. The first-order valence-corrected chi connectivity index (χ1v) is 37.2. The van der Waals surface area contributed by atoms with Gasteiger partial charge in [-0.15, -0.1) is 0 Å². The van der Waals surface area contributed by atoms with Crippen LogP contribution in [0, 0.1) is 0 Å². The molecule has 80 heavy (non-hydrogen) atoms. The monoisotopic (exact) mass is 1150 g/mol. The van der Waals surface area contributed by atoms with Gasteiger partial charge in [0.05, 0.1) is 39.9 Å². The highest BCUT2D eigenvalue weighted by molar-refractivity contribution is 7.47. The fourth-order valence-corrected chi connectivity index (χ4v) is 11.9. The number of quaternary nitrogens is 1. The normalized spacial score (nSPS) is 13.7. The third kappa shape index (κ3) is 64.5. The van der Waals surface area contributed by atoms with Crippen LogP contribution in [-0.4, -0.2) is 73.4 Å². The fourth-order valence-electron chi connectivity index (χ4n) is 11.1. The van der Waals surface area contributed by atoms with Gasteiger partial charge in [-0.1, -0.05) is 359 Å². The molecule has 0 fully saturated rings. The predicted molar refractivity (Wildman–Crippen MR) is 351 cm³/mol. The number of amides is 1. The molecule has 0 aromatic heterocycles. The molecule has 0 bridgehead atoms. The van der Waals surface area contributed by atoms with Gasteiger partial charge in [0, 0.05) is 6.42 Å². The van der Waals surface area contributed by atoms with Gasteiger partial charge >= 0.3 is 7.82 Å². The third-order valence-corrected chi connectivity index (χ3v) is 17.7. The number of rotatable bonds is 67. The van der Waals surface area contributed by atoms with Crippen LogP contribution >= 0.6 is 7.82 Å². The summed E-state index contributed by atoms with van der Waals surface area (Å²) in [4.78, 5) is 23.4. The maximum Gasteiger partial charge on any atom is 0.472 e. The Bertz CT molecular complexity index is 1350. The zero-order chi connectivity index (χ0) is 58.4. The Labute approximate surface area is 500 Å². The lowest BCUT2D eigenvalue weighted by molar-refractivity contribution is -0.870. The maximum atomic E-state index is 13.0. The summed E-state index contributed by atoms with van der Waals surface area (Å²) in [7, 11) is 1.57. The summed E-state index contributed by atoms with van der Waals surface area (Å²) in [5.74, 6) is -0.178. The molecule has 3 N–H and O–H groups in total. The third-order valence-electron chi connectivity index (χ3n) is 16.7. The Morgan fingerprint density at radius 3 is 1.00 bits per heavy atom. The van der Waals surface area contributed by atoms with E-state index in [1.165, 1.54) is 315 Å². The van der Waals surface area contributed by atoms with E-state index in [1.54, 1.807) is 6.08 Å². The number of nitrogens with zero attached hydrogens (tertiary/aromatic N) is 1. The van der Waals surface area contributed by atoms with Gasteiger partial charge < -0.3 is 19.8 Å². The number of phosphoric acid groups is 1. The Hall–Kier alpha value is -1.02. The molecular formula is C71H142N2O6P+. The Morgan fingerprint density at radius 1 is 0.412 bits per heavy atom. The zero-order valence-corrected chi connectivity index (χ0v) is 55.5. The first kappa shape index (κ1) is 79.0. The summed E-state index contributed by atoms with van der Waals surface area (Å²) in [5, 5.41) is 14.0. The van der Waals surface area contributed by atoms with E-state index in [2.05, 4.69) is 31.3 Å². The Morgan fingerprint density at radius 2 is 0.688 bits per heavy atom. The van der Waals surface area contributed by atoms with Gasteiger partial charge in [0.15, 0.2) is 0 Å². The molecule has 0 saturated heterocycles. The second kappa shape index (κ2) is 62.5. The van der Waals surface area contributed by atoms with Gasteiger partial charge in [0.1, 0.15) is 13.2 Å². The van der Waals surface area contributed by atoms with Crippen molar-refractivity contribution < 1.29 is 32.9 Å². The SMILES string of the molecule is CCCCCCCCCCCCCCCCC/C=C/CC/C=C/C(O)C(COP(=O)(O)OCC[N+](C)(C)C)NC(=O)CCCCCCCCCCCCCCCCCCCCCCCCCCCCCCCCCCCCCCC. The quantitative estimate of drug-likeness (QED) is 0.0243. The van der Waals surface area contributed by atoms with Crippen LogP contribution in [0.25, 0.3) is 0 Å². The molecule has 0 aliphatic carbocycles. The number of aliphatic hydroxyl groups is 1. The molecule has 9 heteroatoms. The zero-order valence-electron chi connectivity index (χ0n) is 54.6. The van der Waals surface area contributed by atoms with Crippen molar-refractivity contribution in [3.63, 3.8) is 0 Å². The van der Waals surface area contributed by atoms with Crippen molar-refractivity contribution in [1.29, 1.82) is 0 Å². The highest BCUT2D eigenvalue weighted by atomic mass is 31.2. The second-order valence-electron chi connectivity index (χ2n) is 26.0. The number of phosphoric ester groups is 1. The average molecular weight is 1150 g/mol. The fraction of sp³-hybridized carbons (Fsp3) is 0.930. The lowest BCUT2D eigenvalue weighted by Gasteiger charge is -2.25. The number of unbranched alkanes of at least 4 members (excludes halogenated alkanes) is 52. The van der Waals surface area contributed by atoms with Gasteiger partial charge in [-0.25, -0.2) is 4.57 Å². The number of likely N-dealkylation sites (N-methyl/N-ethyl adjacent to an activating group) is 1. The van der Waals surface area contributed by atoms with E-state index in [-0.39, 0.29) is 19.1 Å². The van der Waals surface area contributed by atoms with Crippen LogP contribution in [0.5, 0.6) is 0 Å². The number of hydrogen-bond donors (Lipinski definition) is 3. The van der Waals surface area contributed by atoms with Crippen molar-refractivity contribution >= 4 is 13.7 Å². The topological polar surface area (TPSA) is 105 Å². The highest BCUT2D eigenvalue weighted by Gasteiger charge is 2.28. The number of carbonyl (C=O) groups is 1. The first-order chi connectivity index (χ1) is 39.0. The predicted octanol–water partition coefficient (Wildman–Crippen LogP) is 22.7. The van der Waals surface area contributed by atoms with Crippen molar-refractivity contribution in [2.45, 2.75) is 386 Å². The standard InChI is InChI=1S/C71H141N2O6P/c1-6-8-10-12-14-16-18-20-22-24-26-28-29-30-31-32-33-34-35-36-37-38-39-40-41-42-43-45-47-49-51-53-55-57-59-61-63-65-71(75)72-69(68-79-80(76,77)78-67-66-73(3,4)5)70(74)64-62-60-58-56-54-52-50-48-46-44-27-25-23-21-19-17-15-13-11-9-7-2/h54,56,62,64,69-70,74H,6-53,55,57-61,63,65-68H2,1-5H3,(H-,72,75,76,77)/p+1/b56-54+,64-62+. The minimum Gasteiger partial charge on any atom is -0.387 e. The van der Waals surface area contributed by atoms with Crippen LogP contribution in [0.1, 0.15) is 373 Å². The molecule has 0 heterocycles. The highest BCUT2D eigenvalue weighted by Crippen LogP contribution is 2.43. The van der Waals surface area contributed by atoms with Gasteiger partial charge in [0.25, 0.3) is 0 Å². The second-order valence-corrected chi connectivity index (χ2v) is 27.4. The average Bonchev–Trinajstić information content (AvgIpc) is 3.42. The summed E-state index contributed by atoms with van der Waals surface area (Å²) in [5.41, 5.74) is 0. The number of aliphatic hydroxyl groups excluding tert-OH is 1. The van der Waals surface area contributed by atoms with Crippen molar-refractivity contribution in [3.8, 4) is 0 Å². The van der Waals surface area contributed by atoms with E-state index in [9.17, 15) is 19.4 Å². The molecule has 0 aliphatic heterocycles.